The minimum atomic E-state index is 0.125. The summed E-state index contributed by atoms with van der Waals surface area (Å²) in [5.41, 5.74) is 2.81. The van der Waals surface area contributed by atoms with Gasteiger partial charge in [-0.15, -0.1) is 0 Å². The number of ether oxygens (including phenoxy) is 3. The van der Waals surface area contributed by atoms with Crippen LogP contribution in [0.4, 0.5) is 0 Å². The molecule has 3 nitrogen and oxygen atoms in total. The van der Waals surface area contributed by atoms with Gasteiger partial charge in [0.15, 0.2) is 0 Å². The molecule has 0 aromatic heterocycles. The van der Waals surface area contributed by atoms with Crippen LogP contribution >= 0.6 is 0 Å². The van der Waals surface area contributed by atoms with Crippen molar-refractivity contribution in [3.63, 3.8) is 0 Å². The Morgan fingerprint density at radius 2 is 0.486 bits per heavy atom. The second kappa shape index (κ2) is 9.87. The zero-order valence-electron chi connectivity index (χ0n) is 21.5. The molecule has 4 rings (SSSR count). The molecule has 0 saturated carbocycles. The van der Waals surface area contributed by atoms with Gasteiger partial charge in [0.05, 0.1) is 0 Å². The summed E-state index contributed by atoms with van der Waals surface area (Å²) >= 11 is 0. The average Bonchev–Trinajstić information content (AvgIpc) is 2.81. The van der Waals surface area contributed by atoms with Crippen LogP contribution in [0.3, 0.4) is 0 Å². The van der Waals surface area contributed by atoms with E-state index in [1.165, 1.54) is 11.1 Å². The van der Waals surface area contributed by atoms with Crippen molar-refractivity contribution < 1.29 is 14.2 Å². The number of benzene rings is 4. The maximum absolute atomic E-state index is 5.98. The van der Waals surface area contributed by atoms with Crippen molar-refractivity contribution in [1.82, 2.24) is 0 Å². The first-order valence-corrected chi connectivity index (χ1v) is 12.0. The van der Waals surface area contributed by atoms with Crippen molar-refractivity contribution in [2.24, 2.45) is 0 Å². The highest BCUT2D eigenvalue weighted by molar-refractivity contribution is 5.41. The van der Waals surface area contributed by atoms with E-state index in [-0.39, 0.29) is 10.8 Å². The summed E-state index contributed by atoms with van der Waals surface area (Å²) in [7, 11) is 0. The Bertz CT molecular complexity index is 1120. The van der Waals surface area contributed by atoms with E-state index in [4.69, 9.17) is 14.2 Å². The fraction of sp³-hybridized carbons (Fsp3) is 0.250. The molecule has 0 N–H and O–H groups in total. The Morgan fingerprint density at radius 3 is 0.657 bits per heavy atom. The summed E-state index contributed by atoms with van der Waals surface area (Å²) in [6, 6.07) is 31.7. The highest BCUT2D eigenvalue weighted by atomic mass is 16.5. The summed E-state index contributed by atoms with van der Waals surface area (Å²) < 4.78 is 17.9. The lowest BCUT2D eigenvalue weighted by Crippen LogP contribution is -2.10. The normalized spacial score (nSPS) is 11.7. The van der Waals surface area contributed by atoms with Crippen molar-refractivity contribution in [3.8, 4) is 34.5 Å². The van der Waals surface area contributed by atoms with Crippen LogP contribution in [0.2, 0.25) is 0 Å². The lowest BCUT2D eigenvalue weighted by molar-refractivity contribution is 0.463. The van der Waals surface area contributed by atoms with E-state index in [2.05, 4.69) is 65.8 Å². The third-order valence-corrected chi connectivity index (χ3v) is 5.80. The van der Waals surface area contributed by atoms with Gasteiger partial charge in [-0.3, -0.25) is 0 Å². The van der Waals surface area contributed by atoms with Crippen molar-refractivity contribution in [2.75, 3.05) is 0 Å². The van der Waals surface area contributed by atoms with Gasteiger partial charge in [-0.05, 0) is 94.8 Å². The monoisotopic (exact) mass is 466 g/mol. The highest BCUT2D eigenvalue weighted by Crippen LogP contribution is 2.31. The lowest BCUT2D eigenvalue weighted by atomic mass is 9.87. The van der Waals surface area contributed by atoms with Gasteiger partial charge in [0.1, 0.15) is 34.5 Å². The van der Waals surface area contributed by atoms with Crippen molar-refractivity contribution in [1.29, 1.82) is 0 Å². The van der Waals surface area contributed by atoms with Crippen LogP contribution in [-0.4, -0.2) is 0 Å². The van der Waals surface area contributed by atoms with Gasteiger partial charge in [-0.2, -0.15) is 0 Å². The van der Waals surface area contributed by atoms with Crippen molar-refractivity contribution in [2.45, 2.75) is 52.4 Å². The zero-order chi connectivity index (χ0) is 25.1. The van der Waals surface area contributed by atoms with Crippen LogP contribution in [0.15, 0.2) is 97.1 Å². The Hall–Kier alpha value is -3.72. The number of rotatable bonds is 6. The summed E-state index contributed by atoms with van der Waals surface area (Å²) in [4.78, 5) is 0. The summed E-state index contributed by atoms with van der Waals surface area (Å²) in [6.07, 6.45) is 0. The van der Waals surface area contributed by atoms with Crippen LogP contribution < -0.4 is 14.2 Å². The molecule has 0 bridgehead atoms. The quantitative estimate of drug-likeness (QED) is 0.283. The zero-order valence-corrected chi connectivity index (χ0v) is 21.5. The van der Waals surface area contributed by atoms with Gasteiger partial charge < -0.3 is 14.2 Å². The Balaban J connectivity index is 1.33. The summed E-state index contributed by atoms with van der Waals surface area (Å²) in [5.74, 6) is 4.65. The van der Waals surface area contributed by atoms with Crippen LogP contribution in [0.25, 0.3) is 0 Å². The smallest absolute Gasteiger partial charge is 0.127 e. The fourth-order valence-corrected chi connectivity index (χ4v) is 3.61. The molecule has 0 aliphatic heterocycles. The maximum Gasteiger partial charge on any atom is 0.127 e. The molecule has 35 heavy (non-hydrogen) atoms. The minimum Gasteiger partial charge on any atom is -0.457 e. The van der Waals surface area contributed by atoms with Crippen LogP contribution in [0.1, 0.15) is 52.7 Å². The van der Waals surface area contributed by atoms with E-state index in [0.717, 1.165) is 34.5 Å². The van der Waals surface area contributed by atoms with E-state index in [0.29, 0.717) is 0 Å². The number of hydrogen-bond acceptors (Lipinski definition) is 3. The van der Waals surface area contributed by atoms with Gasteiger partial charge in [-0.25, -0.2) is 0 Å². The Kier molecular flexibility index (Phi) is 6.88. The first-order valence-electron chi connectivity index (χ1n) is 12.0. The molecule has 0 radical (unpaired) electrons. The van der Waals surface area contributed by atoms with Gasteiger partial charge in [0, 0.05) is 0 Å². The molecule has 0 heterocycles. The second-order valence-electron chi connectivity index (χ2n) is 10.8. The Morgan fingerprint density at radius 1 is 0.314 bits per heavy atom. The van der Waals surface area contributed by atoms with Crippen LogP contribution in [0, 0.1) is 0 Å². The third kappa shape index (κ3) is 6.66. The van der Waals surface area contributed by atoms with E-state index < -0.39 is 0 Å². The van der Waals surface area contributed by atoms with E-state index >= 15 is 0 Å². The first kappa shape index (κ1) is 24.4. The SMILES string of the molecule is CC(C)(C)c1ccc(Oc2ccc(Oc3ccc(Oc4ccc(C(C)(C)C)cc4)cc3)cc2)cc1. The molecule has 0 aliphatic rings. The number of hydrogen-bond donors (Lipinski definition) is 0. The van der Waals surface area contributed by atoms with Gasteiger partial charge in [-0.1, -0.05) is 65.8 Å². The molecule has 0 fully saturated rings. The molecule has 0 amide bonds. The lowest BCUT2D eigenvalue weighted by Gasteiger charge is -2.19. The van der Waals surface area contributed by atoms with Gasteiger partial charge in [0.2, 0.25) is 0 Å². The summed E-state index contributed by atoms with van der Waals surface area (Å²) in [5, 5.41) is 0. The largest absolute Gasteiger partial charge is 0.457 e. The topological polar surface area (TPSA) is 27.7 Å². The highest BCUT2D eigenvalue weighted by Gasteiger charge is 2.14. The molecule has 0 atom stereocenters. The van der Waals surface area contributed by atoms with E-state index in [1.807, 2.05) is 72.8 Å². The predicted octanol–water partition coefficient (Wildman–Crippen LogP) is 9.66. The van der Waals surface area contributed by atoms with Gasteiger partial charge in [0.25, 0.3) is 0 Å². The van der Waals surface area contributed by atoms with Crippen molar-refractivity contribution in [3.05, 3.63) is 108 Å². The van der Waals surface area contributed by atoms with Gasteiger partial charge >= 0.3 is 0 Å². The predicted molar refractivity (Wildman–Crippen MR) is 143 cm³/mol. The molecule has 3 heteroatoms. The standard InChI is InChI=1S/C32H34O3/c1-31(2,3)23-7-11-25(12-8-23)33-27-15-19-29(20-16-27)35-30-21-17-28(18-22-30)34-26-13-9-24(10-14-26)32(4,5)6/h7-22H,1-6H3. The molecule has 180 valence electrons. The molecule has 0 unspecified atom stereocenters. The second-order valence-corrected chi connectivity index (χ2v) is 10.8. The molecule has 4 aromatic rings. The molecule has 0 saturated heterocycles. The average molecular weight is 467 g/mol. The van der Waals surface area contributed by atoms with Crippen LogP contribution in [-0.2, 0) is 10.8 Å². The van der Waals surface area contributed by atoms with Crippen molar-refractivity contribution >= 4 is 0 Å². The van der Waals surface area contributed by atoms with E-state index in [1.54, 1.807) is 0 Å². The van der Waals surface area contributed by atoms with E-state index in [9.17, 15) is 0 Å². The molecule has 0 aliphatic carbocycles. The minimum absolute atomic E-state index is 0.125. The Labute approximate surface area is 209 Å². The summed E-state index contributed by atoms with van der Waals surface area (Å²) in [6.45, 7) is 13.2. The van der Waals surface area contributed by atoms with Crippen LogP contribution in [0.5, 0.6) is 34.5 Å². The maximum atomic E-state index is 5.98. The molecule has 4 aromatic carbocycles. The fourth-order valence-electron chi connectivity index (χ4n) is 3.61. The molecular weight excluding hydrogens is 432 g/mol. The molecule has 0 spiro atoms. The molecular formula is C32H34O3. The first-order chi connectivity index (χ1) is 16.6. The third-order valence-electron chi connectivity index (χ3n) is 5.80.